The van der Waals surface area contributed by atoms with Gasteiger partial charge >= 0.3 is 0 Å². The molecule has 2 aromatic rings. The Labute approximate surface area is 92.2 Å². The van der Waals surface area contributed by atoms with Gasteiger partial charge in [-0.05, 0) is 19.1 Å². The number of aromatic amines is 1. The van der Waals surface area contributed by atoms with Crippen molar-refractivity contribution in [1.82, 2.24) is 15.0 Å². The lowest BCUT2D eigenvalue weighted by molar-refractivity contribution is 0.408. The number of H-pyrrole nitrogens is 1. The summed E-state index contributed by atoms with van der Waals surface area (Å²) >= 11 is 0. The van der Waals surface area contributed by atoms with Crippen LogP contribution >= 0.6 is 0 Å². The minimum atomic E-state index is -0.290. The van der Waals surface area contributed by atoms with Crippen LogP contribution in [0.2, 0.25) is 0 Å². The van der Waals surface area contributed by atoms with Crippen molar-refractivity contribution in [3.8, 4) is 17.0 Å². The molecule has 5 nitrogen and oxygen atoms in total. The zero-order chi connectivity index (χ0) is 11.5. The van der Waals surface area contributed by atoms with Crippen molar-refractivity contribution in [2.75, 3.05) is 7.11 Å². The van der Waals surface area contributed by atoms with Crippen molar-refractivity contribution in [3.63, 3.8) is 0 Å². The normalized spacial score (nSPS) is 10.1. The van der Waals surface area contributed by atoms with Crippen molar-refractivity contribution >= 4 is 0 Å². The lowest BCUT2D eigenvalue weighted by Crippen LogP contribution is -2.11. The Kier molecular flexibility index (Phi) is 2.68. The van der Waals surface area contributed by atoms with Crippen LogP contribution in [0.4, 0.5) is 0 Å². The van der Waals surface area contributed by atoms with Gasteiger partial charge in [-0.3, -0.25) is 9.78 Å². The summed E-state index contributed by atoms with van der Waals surface area (Å²) in [6, 6.07) is 3.64. The fourth-order valence-corrected chi connectivity index (χ4v) is 1.48. The van der Waals surface area contributed by atoms with Crippen molar-refractivity contribution in [3.05, 3.63) is 40.7 Å². The van der Waals surface area contributed by atoms with Crippen molar-refractivity contribution in [2.24, 2.45) is 0 Å². The Morgan fingerprint density at radius 3 is 2.88 bits per heavy atom. The van der Waals surface area contributed by atoms with E-state index in [4.69, 9.17) is 4.74 Å². The first-order chi connectivity index (χ1) is 7.72. The molecular formula is C11H11N3O2. The minimum absolute atomic E-state index is 0.216. The first kappa shape index (κ1) is 10.4. The minimum Gasteiger partial charge on any atom is -0.490 e. The topological polar surface area (TPSA) is 67.9 Å². The second-order valence-electron chi connectivity index (χ2n) is 3.30. The molecule has 0 fully saturated rings. The number of rotatable bonds is 2. The molecule has 2 aromatic heterocycles. The van der Waals surface area contributed by atoms with E-state index >= 15 is 0 Å². The van der Waals surface area contributed by atoms with Crippen LogP contribution in [0.3, 0.4) is 0 Å². The first-order valence-corrected chi connectivity index (χ1v) is 4.77. The van der Waals surface area contributed by atoms with Crippen molar-refractivity contribution < 1.29 is 4.74 Å². The number of aromatic nitrogens is 3. The van der Waals surface area contributed by atoms with Crippen LogP contribution in [0.5, 0.6) is 5.75 Å². The van der Waals surface area contributed by atoms with Gasteiger partial charge in [-0.1, -0.05) is 0 Å². The lowest BCUT2D eigenvalue weighted by atomic mass is 10.1. The third-order valence-electron chi connectivity index (χ3n) is 2.18. The molecule has 0 saturated carbocycles. The summed E-state index contributed by atoms with van der Waals surface area (Å²) in [5, 5.41) is 0. The fraction of sp³-hybridized carbons (Fsp3) is 0.182. The van der Waals surface area contributed by atoms with E-state index in [0.717, 1.165) is 11.3 Å². The average molecular weight is 217 g/mol. The number of hydrogen-bond acceptors (Lipinski definition) is 4. The summed E-state index contributed by atoms with van der Waals surface area (Å²) in [7, 11) is 1.45. The van der Waals surface area contributed by atoms with Gasteiger partial charge in [0.05, 0.1) is 13.4 Å². The highest BCUT2D eigenvalue weighted by Crippen LogP contribution is 2.23. The van der Waals surface area contributed by atoms with Crippen LogP contribution in [-0.4, -0.2) is 22.1 Å². The SMILES string of the molecule is COc1c(-c2ccnc(C)c2)nc[nH]c1=O. The van der Waals surface area contributed by atoms with Crippen molar-refractivity contribution in [1.29, 1.82) is 0 Å². The highest BCUT2D eigenvalue weighted by Gasteiger charge is 2.10. The summed E-state index contributed by atoms with van der Waals surface area (Å²) < 4.78 is 5.04. The molecule has 2 heterocycles. The first-order valence-electron chi connectivity index (χ1n) is 4.77. The van der Waals surface area contributed by atoms with Gasteiger partial charge in [0.15, 0.2) is 0 Å². The molecule has 0 saturated heterocycles. The van der Waals surface area contributed by atoms with Gasteiger partial charge in [-0.15, -0.1) is 0 Å². The van der Waals surface area contributed by atoms with Gasteiger partial charge in [0.1, 0.15) is 5.69 Å². The number of nitrogens with zero attached hydrogens (tertiary/aromatic N) is 2. The van der Waals surface area contributed by atoms with E-state index in [0.29, 0.717) is 5.69 Å². The van der Waals surface area contributed by atoms with Gasteiger partial charge in [-0.25, -0.2) is 4.98 Å². The maximum absolute atomic E-state index is 11.5. The molecule has 1 N–H and O–H groups in total. The number of pyridine rings is 1. The molecule has 2 rings (SSSR count). The zero-order valence-corrected chi connectivity index (χ0v) is 9.02. The average Bonchev–Trinajstić information content (AvgIpc) is 2.28. The Bertz CT molecular complexity index is 563. The molecule has 0 aliphatic carbocycles. The number of ether oxygens (including phenoxy) is 1. The van der Waals surface area contributed by atoms with Gasteiger partial charge in [0.2, 0.25) is 5.75 Å². The molecule has 0 atom stereocenters. The summed E-state index contributed by atoms with van der Waals surface area (Å²) in [5.41, 5.74) is 1.91. The summed E-state index contributed by atoms with van der Waals surface area (Å²) in [6.45, 7) is 1.88. The Morgan fingerprint density at radius 1 is 1.38 bits per heavy atom. The molecule has 0 aliphatic heterocycles. The van der Waals surface area contributed by atoms with E-state index in [9.17, 15) is 4.79 Å². The van der Waals surface area contributed by atoms with Gasteiger partial charge in [0.25, 0.3) is 5.56 Å². The van der Waals surface area contributed by atoms with E-state index in [1.165, 1.54) is 13.4 Å². The van der Waals surface area contributed by atoms with Crippen LogP contribution in [0, 0.1) is 6.92 Å². The van der Waals surface area contributed by atoms with Gasteiger partial charge in [-0.2, -0.15) is 0 Å². The Hall–Kier alpha value is -2.17. The molecule has 0 radical (unpaired) electrons. The Balaban J connectivity index is 2.64. The monoisotopic (exact) mass is 217 g/mol. The van der Waals surface area contributed by atoms with Crippen LogP contribution < -0.4 is 10.3 Å². The number of methoxy groups -OCH3 is 1. The Morgan fingerprint density at radius 2 is 2.19 bits per heavy atom. The predicted molar refractivity (Wildman–Crippen MR) is 59.4 cm³/mol. The number of hydrogen-bond donors (Lipinski definition) is 1. The summed E-state index contributed by atoms with van der Waals surface area (Å²) in [5.74, 6) is 0.216. The second kappa shape index (κ2) is 4.14. The van der Waals surface area contributed by atoms with E-state index in [2.05, 4.69) is 15.0 Å². The third-order valence-corrected chi connectivity index (χ3v) is 2.18. The number of nitrogens with one attached hydrogen (secondary N) is 1. The molecule has 0 aliphatic rings. The maximum atomic E-state index is 11.5. The molecule has 0 amide bonds. The van der Waals surface area contributed by atoms with Crippen molar-refractivity contribution in [2.45, 2.75) is 6.92 Å². The highest BCUT2D eigenvalue weighted by atomic mass is 16.5. The lowest BCUT2D eigenvalue weighted by Gasteiger charge is -2.05. The van der Waals surface area contributed by atoms with Crippen LogP contribution in [0.1, 0.15) is 5.69 Å². The molecule has 0 aromatic carbocycles. The summed E-state index contributed by atoms with van der Waals surface area (Å²) in [6.07, 6.45) is 3.03. The molecule has 16 heavy (non-hydrogen) atoms. The third kappa shape index (κ3) is 1.79. The highest BCUT2D eigenvalue weighted by molar-refractivity contribution is 5.65. The quantitative estimate of drug-likeness (QED) is 0.819. The predicted octanol–water partition coefficient (Wildman–Crippen LogP) is 1.15. The molecule has 0 spiro atoms. The van der Waals surface area contributed by atoms with Crippen LogP contribution in [0.15, 0.2) is 29.5 Å². The van der Waals surface area contributed by atoms with E-state index in [1.807, 2.05) is 13.0 Å². The zero-order valence-electron chi connectivity index (χ0n) is 9.02. The standard InChI is InChI=1S/C11H11N3O2/c1-7-5-8(3-4-12-7)9-10(16-2)11(15)14-6-13-9/h3-6H,1-2H3,(H,13,14,15). The van der Waals surface area contributed by atoms with E-state index in [1.54, 1.807) is 12.3 Å². The van der Waals surface area contributed by atoms with E-state index < -0.39 is 0 Å². The number of aryl methyl sites for hydroxylation is 1. The largest absolute Gasteiger partial charge is 0.490 e. The van der Waals surface area contributed by atoms with Crippen LogP contribution in [0.25, 0.3) is 11.3 Å². The van der Waals surface area contributed by atoms with Gasteiger partial charge < -0.3 is 9.72 Å². The molecule has 0 unspecified atom stereocenters. The second-order valence-corrected chi connectivity index (χ2v) is 3.30. The maximum Gasteiger partial charge on any atom is 0.293 e. The van der Waals surface area contributed by atoms with Gasteiger partial charge in [0, 0.05) is 17.5 Å². The van der Waals surface area contributed by atoms with E-state index in [-0.39, 0.29) is 11.3 Å². The molecule has 82 valence electrons. The van der Waals surface area contributed by atoms with Crippen LogP contribution in [-0.2, 0) is 0 Å². The summed E-state index contributed by atoms with van der Waals surface area (Å²) in [4.78, 5) is 22.2. The smallest absolute Gasteiger partial charge is 0.293 e. The molecule has 5 heteroatoms. The molecule has 0 bridgehead atoms. The molecular weight excluding hydrogens is 206 g/mol. The fourth-order valence-electron chi connectivity index (χ4n) is 1.48.